The molecule has 2 atom stereocenters. The molecule has 7 heteroatoms. The number of ether oxygens (including phenoxy) is 1. The number of hydrogen-bond donors (Lipinski definition) is 2. The Balaban J connectivity index is 0.00000176. The number of para-hydroxylation sites is 1. The van der Waals surface area contributed by atoms with Gasteiger partial charge in [-0.2, -0.15) is 0 Å². The number of halogens is 1. The molecule has 0 aromatic heterocycles. The first-order chi connectivity index (χ1) is 10.1. The van der Waals surface area contributed by atoms with Gasteiger partial charge in [0.25, 0.3) is 11.8 Å². The number of anilines is 1. The smallest absolute Gasteiger partial charge is 0.265 e. The average Bonchev–Trinajstić information content (AvgIpc) is 2.48. The summed E-state index contributed by atoms with van der Waals surface area (Å²) in [6, 6.07) is 5.40. The third kappa shape index (κ3) is 2.89. The van der Waals surface area contributed by atoms with Gasteiger partial charge in [0.2, 0.25) is 0 Å². The second kappa shape index (κ2) is 6.54. The summed E-state index contributed by atoms with van der Waals surface area (Å²) < 4.78 is 5.65. The van der Waals surface area contributed by atoms with Crippen molar-refractivity contribution < 1.29 is 14.3 Å². The maximum atomic E-state index is 12.8. The first-order valence-corrected chi connectivity index (χ1v) is 7.20. The Bertz CT molecular complexity index is 593. The highest BCUT2D eigenvalue weighted by Gasteiger charge is 2.31. The van der Waals surface area contributed by atoms with Gasteiger partial charge in [0.1, 0.15) is 0 Å². The number of rotatable bonds is 1. The molecule has 6 nitrogen and oxygen atoms in total. The van der Waals surface area contributed by atoms with E-state index in [0.717, 1.165) is 13.1 Å². The molecule has 2 aliphatic heterocycles. The number of carbonyl (C=O) groups excluding carboxylic acids is 2. The zero-order valence-corrected chi connectivity index (χ0v) is 13.4. The fourth-order valence-electron chi connectivity index (χ4n) is 2.69. The number of carbonyl (C=O) groups is 2. The molecule has 1 unspecified atom stereocenters. The topological polar surface area (TPSA) is 70.7 Å². The van der Waals surface area contributed by atoms with Gasteiger partial charge in [-0.15, -0.1) is 12.4 Å². The molecule has 120 valence electrons. The number of amides is 2. The molecule has 2 aliphatic rings. The van der Waals surface area contributed by atoms with Gasteiger partial charge < -0.3 is 20.3 Å². The monoisotopic (exact) mass is 325 g/mol. The van der Waals surface area contributed by atoms with Crippen molar-refractivity contribution in [3.8, 4) is 5.75 Å². The summed E-state index contributed by atoms with van der Waals surface area (Å²) in [5.74, 6) is 0.229. The van der Waals surface area contributed by atoms with Gasteiger partial charge in [-0.05, 0) is 26.0 Å². The van der Waals surface area contributed by atoms with Crippen molar-refractivity contribution in [2.75, 3.05) is 25.0 Å². The van der Waals surface area contributed by atoms with Crippen LogP contribution in [0.4, 0.5) is 5.69 Å². The summed E-state index contributed by atoms with van der Waals surface area (Å²) in [7, 11) is 0. The van der Waals surface area contributed by atoms with Crippen LogP contribution in [-0.2, 0) is 4.79 Å². The summed E-state index contributed by atoms with van der Waals surface area (Å²) in [5.41, 5.74) is 1.07. The molecule has 0 bridgehead atoms. The van der Waals surface area contributed by atoms with E-state index in [0.29, 0.717) is 23.5 Å². The van der Waals surface area contributed by atoms with Crippen molar-refractivity contribution in [3.63, 3.8) is 0 Å². The lowest BCUT2D eigenvalue weighted by Crippen LogP contribution is -2.52. The zero-order valence-electron chi connectivity index (χ0n) is 12.6. The molecular formula is C15H20ClN3O3. The molecule has 1 aromatic rings. The highest BCUT2D eigenvalue weighted by atomic mass is 35.5. The minimum atomic E-state index is -0.591. The molecule has 0 aliphatic carbocycles. The largest absolute Gasteiger partial charge is 0.478 e. The van der Waals surface area contributed by atoms with E-state index in [-0.39, 0.29) is 30.3 Å². The van der Waals surface area contributed by atoms with Gasteiger partial charge in [0.15, 0.2) is 11.9 Å². The molecule has 0 radical (unpaired) electrons. The Hall–Kier alpha value is -1.79. The van der Waals surface area contributed by atoms with Crippen molar-refractivity contribution in [1.29, 1.82) is 0 Å². The van der Waals surface area contributed by atoms with Gasteiger partial charge in [0.05, 0.1) is 11.3 Å². The fourth-order valence-corrected chi connectivity index (χ4v) is 2.69. The number of fused-ring (bicyclic) bond motifs is 1. The van der Waals surface area contributed by atoms with E-state index < -0.39 is 6.10 Å². The molecule has 0 saturated carbocycles. The summed E-state index contributed by atoms with van der Waals surface area (Å²) >= 11 is 0. The van der Waals surface area contributed by atoms with Crippen LogP contribution in [0.1, 0.15) is 24.2 Å². The normalized spacial score (nSPS) is 23.7. The Kier molecular flexibility index (Phi) is 4.93. The van der Waals surface area contributed by atoms with Crippen LogP contribution in [0.3, 0.4) is 0 Å². The fraction of sp³-hybridized carbons (Fsp3) is 0.467. The van der Waals surface area contributed by atoms with Crippen LogP contribution in [0.25, 0.3) is 0 Å². The average molecular weight is 326 g/mol. The van der Waals surface area contributed by atoms with Crippen LogP contribution in [0.2, 0.25) is 0 Å². The van der Waals surface area contributed by atoms with Crippen molar-refractivity contribution in [3.05, 3.63) is 23.8 Å². The van der Waals surface area contributed by atoms with Gasteiger partial charge in [0, 0.05) is 25.7 Å². The number of benzene rings is 1. The van der Waals surface area contributed by atoms with Crippen LogP contribution in [-0.4, -0.2) is 48.5 Å². The standard InChI is InChI=1S/C15H19N3O3.ClH/c1-9-8-16-6-7-18(9)15(20)11-4-3-5-12-13(11)21-10(2)14(19)17-12;/h3-5,9-10,16H,6-8H2,1-2H3,(H,17,19);1H/t9-,10?;/m1./s1. The maximum Gasteiger partial charge on any atom is 0.265 e. The van der Waals surface area contributed by atoms with Crippen molar-refractivity contribution >= 4 is 29.9 Å². The van der Waals surface area contributed by atoms with E-state index in [1.54, 1.807) is 25.1 Å². The molecule has 1 fully saturated rings. The number of piperazine rings is 1. The molecule has 3 rings (SSSR count). The van der Waals surface area contributed by atoms with Crippen LogP contribution >= 0.6 is 12.4 Å². The lowest BCUT2D eigenvalue weighted by Gasteiger charge is -2.35. The van der Waals surface area contributed by atoms with E-state index in [9.17, 15) is 9.59 Å². The molecule has 2 heterocycles. The quantitative estimate of drug-likeness (QED) is 0.815. The summed E-state index contributed by atoms with van der Waals surface area (Å²) in [6.07, 6.45) is -0.591. The number of nitrogens with one attached hydrogen (secondary N) is 2. The summed E-state index contributed by atoms with van der Waals surface area (Å²) in [4.78, 5) is 26.3. The minimum Gasteiger partial charge on any atom is -0.478 e. The Morgan fingerprint density at radius 1 is 1.36 bits per heavy atom. The minimum absolute atomic E-state index is 0. The van der Waals surface area contributed by atoms with Crippen LogP contribution in [0.15, 0.2) is 18.2 Å². The zero-order chi connectivity index (χ0) is 15.0. The molecule has 2 N–H and O–H groups in total. The number of nitrogens with zero attached hydrogens (tertiary/aromatic N) is 1. The van der Waals surface area contributed by atoms with Crippen molar-refractivity contribution in [2.24, 2.45) is 0 Å². The summed E-state index contributed by atoms with van der Waals surface area (Å²) in [5, 5.41) is 6.04. The van der Waals surface area contributed by atoms with E-state index in [1.165, 1.54) is 0 Å². The van der Waals surface area contributed by atoms with Crippen molar-refractivity contribution in [2.45, 2.75) is 26.0 Å². The second-order valence-corrected chi connectivity index (χ2v) is 5.48. The first kappa shape index (κ1) is 16.6. The van der Waals surface area contributed by atoms with Gasteiger partial charge >= 0.3 is 0 Å². The predicted octanol–water partition coefficient (Wildman–Crippen LogP) is 1.26. The van der Waals surface area contributed by atoms with Gasteiger partial charge in [-0.1, -0.05) is 6.07 Å². The Morgan fingerprint density at radius 2 is 2.14 bits per heavy atom. The van der Waals surface area contributed by atoms with Crippen molar-refractivity contribution in [1.82, 2.24) is 10.2 Å². The SMILES string of the molecule is CC1Oc2c(cccc2C(=O)N2CCNC[C@H]2C)NC1=O.Cl. The van der Waals surface area contributed by atoms with E-state index >= 15 is 0 Å². The van der Waals surface area contributed by atoms with Crippen LogP contribution < -0.4 is 15.4 Å². The third-order valence-electron chi connectivity index (χ3n) is 3.93. The lowest BCUT2D eigenvalue weighted by atomic mass is 10.1. The van der Waals surface area contributed by atoms with Gasteiger partial charge in [-0.3, -0.25) is 9.59 Å². The second-order valence-electron chi connectivity index (χ2n) is 5.48. The predicted molar refractivity (Wildman–Crippen MR) is 85.8 cm³/mol. The molecule has 22 heavy (non-hydrogen) atoms. The molecule has 2 amide bonds. The van der Waals surface area contributed by atoms with Crippen LogP contribution in [0.5, 0.6) is 5.75 Å². The Morgan fingerprint density at radius 3 is 2.86 bits per heavy atom. The molecule has 1 saturated heterocycles. The maximum absolute atomic E-state index is 12.8. The first-order valence-electron chi connectivity index (χ1n) is 7.20. The van der Waals surface area contributed by atoms with Gasteiger partial charge in [-0.25, -0.2) is 0 Å². The highest BCUT2D eigenvalue weighted by molar-refractivity contribution is 6.04. The highest BCUT2D eigenvalue weighted by Crippen LogP contribution is 2.34. The summed E-state index contributed by atoms with van der Waals surface area (Å²) in [6.45, 7) is 5.94. The number of hydrogen-bond acceptors (Lipinski definition) is 4. The Labute approximate surface area is 135 Å². The van der Waals surface area contributed by atoms with E-state index in [1.807, 2.05) is 11.8 Å². The third-order valence-corrected chi connectivity index (χ3v) is 3.93. The molecule has 1 aromatic carbocycles. The van der Waals surface area contributed by atoms with E-state index in [4.69, 9.17) is 4.74 Å². The lowest BCUT2D eigenvalue weighted by molar-refractivity contribution is -0.122. The van der Waals surface area contributed by atoms with E-state index in [2.05, 4.69) is 10.6 Å². The molecule has 0 spiro atoms. The van der Waals surface area contributed by atoms with Crippen LogP contribution in [0, 0.1) is 0 Å². The molecular weight excluding hydrogens is 306 g/mol.